The second-order valence-electron chi connectivity index (χ2n) is 8.40. The van der Waals surface area contributed by atoms with E-state index in [4.69, 9.17) is 16.3 Å². The second-order valence-corrected chi connectivity index (χ2v) is 11.3. The number of nitrogens with zero attached hydrogens (tertiary/aromatic N) is 2. The van der Waals surface area contributed by atoms with Crippen molar-refractivity contribution in [2.24, 2.45) is 0 Å². The molecule has 1 aromatic heterocycles. The SMILES string of the molecule is C[C@H](Nc1cc(F)c(S(=O)(=O)N(C(=O)OC(C)(C)C)c2cscn2)c(F)c1)c1cc(Cl)ccc1F. The zero-order valence-corrected chi connectivity index (χ0v) is 21.4. The van der Waals surface area contributed by atoms with Crippen LogP contribution in [0.4, 0.5) is 29.5 Å². The van der Waals surface area contributed by atoms with Gasteiger partial charge < -0.3 is 10.1 Å². The number of carbonyl (C=O) groups excluding carboxylic acids is 1. The standard InChI is InChI=1S/C22H21ClF3N3O4S2/c1-12(15-7-13(23)5-6-16(15)24)28-14-8-17(25)20(18(26)9-14)35(31,32)29(19-10-34-11-27-19)21(30)33-22(2,3)4/h5-12,28H,1-4H3/t12-/m0/s1. The van der Waals surface area contributed by atoms with Crippen molar-refractivity contribution in [1.29, 1.82) is 0 Å². The molecule has 0 spiro atoms. The number of anilines is 2. The molecule has 0 saturated carbocycles. The predicted octanol–water partition coefficient (Wildman–Crippen LogP) is 6.52. The van der Waals surface area contributed by atoms with Crippen molar-refractivity contribution in [3.8, 4) is 0 Å². The average molecular weight is 548 g/mol. The van der Waals surface area contributed by atoms with Crippen molar-refractivity contribution < 1.29 is 31.1 Å². The number of benzene rings is 2. The fourth-order valence-corrected chi connectivity index (χ4v) is 5.22. The van der Waals surface area contributed by atoms with Gasteiger partial charge in [-0.05, 0) is 58.0 Å². The highest BCUT2D eigenvalue weighted by Crippen LogP contribution is 2.32. The molecule has 0 aliphatic rings. The van der Waals surface area contributed by atoms with Crippen LogP contribution in [0.25, 0.3) is 0 Å². The largest absolute Gasteiger partial charge is 0.443 e. The van der Waals surface area contributed by atoms with E-state index in [1.165, 1.54) is 50.7 Å². The summed E-state index contributed by atoms with van der Waals surface area (Å²) in [4.78, 5) is 15.1. The van der Waals surface area contributed by atoms with Crippen molar-refractivity contribution in [2.45, 2.75) is 44.2 Å². The van der Waals surface area contributed by atoms with Gasteiger partial charge in [-0.15, -0.1) is 15.6 Å². The van der Waals surface area contributed by atoms with E-state index in [0.717, 1.165) is 29.5 Å². The van der Waals surface area contributed by atoms with Gasteiger partial charge in [0, 0.05) is 21.7 Å². The van der Waals surface area contributed by atoms with Crippen molar-refractivity contribution in [1.82, 2.24) is 4.98 Å². The Hall–Kier alpha value is -2.83. The molecule has 7 nitrogen and oxygen atoms in total. The minimum Gasteiger partial charge on any atom is -0.443 e. The summed E-state index contributed by atoms with van der Waals surface area (Å²) in [6, 6.07) is 4.53. The molecule has 1 atom stereocenters. The molecule has 3 rings (SSSR count). The monoisotopic (exact) mass is 547 g/mol. The molecule has 3 aromatic rings. The van der Waals surface area contributed by atoms with Gasteiger partial charge >= 0.3 is 6.09 Å². The number of rotatable bonds is 6. The fraction of sp³-hybridized carbons (Fsp3) is 0.273. The summed E-state index contributed by atoms with van der Waals surface area (Å²) in [6.45, 7) is 6.04. The molecule has 188 valence electrons. The summed E-state index contributed by atoms with van der Waals surface area (Å²) >= 11 is 6.86. The number of nitrogens with one attached hydrogen (secondary N) is 1. The first-order valence-electron chi connectivity index (χ1n) is 10.1. The van der Waals surface area contributed by atoms with Crippen LogP contribution in [-0.4, -0.2) is 25.1 Å². The molecule has 0 fully saturated rings. The predicted molar refractivity (Wildman–Crippen MR) is 128 cm³/mol. The molecule has 35 heavy (non-hydrogen) atoms. The quantitative estimate of drug-likeness (QED) is 0.378. The highest BCUT2D eigenvalue weighted by atomic mass is 35.5. The third kappa shape index (κ3) is 6.06. The number of halogens is 4. The fourth-order valence-electron chi connectivity index (χ4n) is 3.08. The Morgan fingerprint density at radius 3 is 2.31 bits per heavy atom. The number of hydrogen-bond acceptors (Lipinski definition) is 7. The Morgan fingerprint density at radius 1 is 1.14 bits per heavy atom. The van der Waals surface area contributed by atoms with E-state index in [-0.39, 0.29) is 26.4 Å². The Balaban J connectivity index is 2.00. The lowest BCUT2D eigenvalue weighted by Crippen LogP contribution is -2.41. The minimum atomic E-state index is -5.12. The van der Waals surface area contributed by atoms with Crippen LogP contribution >= 0.6 is 22.9 Å². The summed E-state index contributed by atoms with van der Waals surface area (Å²) in [7, 11) is -5.12. The highest BCUT2D eigenvalue weighted by Gasteiger charge is 2.39. The molecule has 0 bridgehead atoms. The van der Waals surface area contributed by atoms with Crippen LogP contribution in [0, 0.1) is 17.5 Å². The van der Waals surface area contributed by atoms with E-state index in [2.05, 4.69) is 10.3 Å². The topological polar surface area (TPSA) is 88.6 Å². The van der Waals surface area contributed by atoms with E-state index in [1.54, 1.807) is 0 Å². The van der Waals surface area contributed by atoms with Crippen LogP contribution in [-0.2, 0) is 14.8 Å². The van der Waals surface area contributed by atoms with Crippen molar-refractivity contribution in [2.75, 3.05) is 9.62 Å². The van der Waals surface area contributed by atoms with Crippen LogP contribution < -0.4 is 9.62 Å². The summed E-state index contributed by atoms with van der Waals surface area (Å²) in [6.07, 6.45) is -1.38. The van der Waals surface area contributed by atoms with Gasteiger partial charge in [0.25, 0.3) is 10.0 Å². The lowest BCUT2D eigenvalue weighted by Gasteiger charge is -2.26. The number of ether oxygens (including phenoxy) is 1. The molecule has 1 amide bonds. The third-order valence-electron chi connectivity index (χ3n) is 4.49. The Kier molecular flexibility index (Phi) is 7.68. The lowest BCUT2D eigenvalue weighted by atomic mass is 10.1. The summed E-state index contributed by atoms with van der Waals surface area (Å²) in [5.41, 5.74) is 0.119. The number of aromatic nitrogens is 1. The third-order valence-corrected chi connectivity index (χ3v) is 7.02. The summed E-state index contributed by atoms with van der Waals surface area (Å²) in [5, 5.41) is 4.19. The normalized spacial score (nSPS) is 12.8. The zero-order valence-electron chi connectivity index (χ0n) is 19.0. The molecule has 0 aliphatic heterocycles. The number of thiazole rings is 1. The molecular formula is C22H21ClF3N3O4S2. The molecule has 0 radical (unpaired) electrons. The minimum absolute atomic E-state index is 0.104. The summed E-state index contributed by atoms with van der Waals surface area (Å²) < 4.78 is 76.0. The van der Waals surface area contributed by atoms with E-state index in [9.17, 15) is 17.6 Å². The summed E-state index contributed by atoms with van der Waals surface area (Å²) in [5.74, 6) is -3.92. The smallest absolute Gasteiger partial charge is 0.430 e. The van der Waals surface area contributed by atoms with E-state index < -0.39 is 50.1 Å². The van der Waals surface area contributed by atoms with Gasteiger partial charge in [-0.3, -0.25) is 0 Å². The Morgan fingerprint density at radius 2 is 1.77 bits per heavy atom. The Bertz CT molecular complexity index is 1320. The van der Waals surface area contributed by atoms with E-state index in [1.807, 2.05) is 0 Å². The number of sulfonamides is 1. The van der Waals surface area contributed by atoms with Gasteiger partial charge in [-0.25, -0.2) is 31.4 Å². The van der Waals surface area contributed by atoms with Crippen LogP contribution in [0.2, 0.25) is 5.02 Å². The first-order chi connectivity index (χ1) is 16.2. The number of carbonyl (C=O) groups is 1. The Labute approximate surface area is 209 Å². The zero-order chi connectivity index (χ0) is 26.1. The lowest BCUT2D eigenvalue weighted by molar-refractivity contribution is 0.0608. The van der Waals surface area contributed by atoms with Crippen molar-refractivity contribution in [3.63, 3.8) is 0 Å². The van der Waals surface area contributed by atoms with Crippen LogP contribution in [0.15, 0.2) is 46.1 Å². The van der Waals surface area contributed by atoms with Gasteiger partial charge in [0.1, 0.15) is 23.1 Å². The van der Waals surface area contributed by atoms with E-state index >= 15 is 8.78 Å². The van der Waals surface area contributed by atoms with Gasteiger partial charge in [0.2, 0.25) is 0 Å². The molecule has 0 saturated heterocycles. The molecule has 2 aromatic carbocycles. The molecule has 13 heteroatoms. The highest BCUT2D eigenvalue weighted by molar-refractivity contribution is 7.93. The molecule has 1 heterocycles. The maximum atomic E-state index is 15.1. The van der Waals surface area contributed by atoms with Crippen LogP contribution in [0.5, 0.6) is 0 Å². The van der Waals surface area contributed by atoms with Crippen LogP contribution in [0.3, 0.4) is 0 Å². The van der Waals surface area contributed by atoms with Gasteiger partial charge in [0.05, 0.1) is 11.6 Å². The molecule has 1 N–H and O–H groups in total. The first kappa shape index (κ1) is 26.8. The maximum absolute atomic E-state index is 15.1. The number of amides is 1. The van der Waals surface area contributed by atoms with Crippen molar-refractivity contribution >= 4 is 50.6 Å². The first-order valence-corrected chi connectivity index (χ1v) is 12.8. The second kappa shape index (κ2) is 10.0. The molecule has 0 aliphatic carbocycles. The van der Waals surface area contributed by atoms with Gasteiger partial charge in [-0.2, -0.15) is 0 Å². The maximum Gasteiger partial charge on any atom is 0.430 e. The van der Waals surface area contributed by atoms with Gasteiger partial charge in [0.15, 0.2) is 10.7 Å². The van der Waals surface area contributed by atoms with E-state index in [0.29, 0.717) is 0 Å². The van der Waals surface area contributed by atoms with Crippen molar-refractivity contribution in [3.05, 3.63) is 69.3 Å². The molecular weight excluding hydrogens is 527 g/mol. The van der Waals surface area contributed by atoms with Crippen LogP contribution in [0.1, 0.15) is 39.3 Å². The number of hydrogen-bond donors (Lipinski definition) is 1. The van der Waals surface area contributed by atoms with Gasteiger partial charge in [-0.1, -0.05) is 11.6 Å². The average Bonchev–Trinajstić information content (AvgIpc) is 3.21. The molecule has 0 unspecified atom stereocenters.